The zero-order valence-electron chi connectivity index (χ0n) is 23.0. The lowest BCUT2D eigenvalue weighted by Gasteiger charge is -2.29. The first kappa shape index (κ1) is 28.6. The second-order valence-electron chi connectivity index (χ2n) is 11.8. The van der Waals surface area contributed by atoms with Crippen molar-refractivity contribution in [2.24, 2.45) is 0 Å². The number of carbonyl (C=O) groups is 2. The summed E-state index contributed by atoms with van der Waals surface area (Å²) in [5.74, 6) is -0.617. The Morgan fingerprint density at radius 1 is 0.976 bits per heavy atom. The minimum Gasteiger partial charge on any atom is -0.336 e. The van der Waals surface area contributed by atoms with Crippen LogP contribution < -0.4 is 10.6 Å². The highest BCUT2D eigenvalue weighted by Gasteiger charge is 2.51. The molecule has 0 spiro atoms. The van der Waals surface area contributed by atoms with Gasteiger partial charge >= 0.3 is 0 Å². The van der Waals surface area contributed by atoms with E-state index in [0.29, 0.717) is 12.8 Å². The highest BCUT2D eigenvalue weighted by molar-refractivity contribution is 5.93. The van der Waals surface area contributed by atoms with E-state index in [-0.39, 0.29) is 17.9 Å². The number of rotatable bonds is 11. The largest absolute Gasteiger partial charge is 0.336 e. The molecule has 2 aromatic carbocycles. The third-order valence-corrected chi connectivity index (χ3v) is 8.00. The van der Waals surface area contributed by atoms with Gasteiger partial charge in [0.2, 0.25) is 11.8 Å². The van der Waals surface area contributed by atoms with Crippen molar-refractivity contribution in [2.45, 2.75) is 81.1 Å². The molecule has 5 rings (SSSR count). The maximum Gasteiger partial charge on any atom is 0.257 e. The number of hydrogen-bond acceptors (Lipinski definition) is 4. The number of hydrogen-bond donors (Lipinski definition) is 2. The molecular formula is C32H33F3N4O2. The maximum atomic E-state index is 14.6. The molecule has 41 heavy (non-hydrogen) atoms. The number of alkyl halides is 3. The van der Waals surface area contributed by atoms with Crippen molar-refractivity contribution in [2.75, 3.05) is 0 Å². The van der Waals surface area contributed by atoms with Gasteiger partial charge < -0.3 is 5.32 Å². The smallest absolute Gasteiger partial charge is 0.257 e. The van der Waals surface area contributed by atoms with Gasteiger partial charge in [0, 0.05) is 18.8 Å². The standard InChI is InChI=1S/C32H33F3N4O2/c1-30(2,35)19-25(28(40)38-31(20-36)13-14-31)37-26(27(33)34)23-7-5-21(6-8-23)22-9-11-24(12-10-22)32(15-16-32)29(41)39-17-3-4-18-39/h3-12,17-18,25-27,37H,13-16,19H2,1-2H3,(H,38,40)/t25-,26-/m0/s1. The van der Waals surface area contributed by atoms with Crippen LogP contribution in [-0.2, 0) is 10.2 Å². The Hall–Kier alpha value is -3.90. The average Bonchev–Trinajstić information content (AvgIpc) is 3.86. The van der Waals surface area contributed by atoms with Crippen LogP contribution in [0.3, 0.4) is 0 Å². The van der Waals surface area contributed by atoms with Crippen molar-refractivity contribution >= 4 is 11.8 Å². The summed E-state index contributed by atoms with van der Waals surface area (Å²) in [5.41, 5.74) is -0.432. The van der Waals surface area contributed by atoms with Gasteiger partial charge in [0.05, 0.1) is 23.6 Å². The molecule has 2 N–H and O–H groups in total. The van der Waals surface area contributed by atoms with E-state index >= 15 is 0 Å². The second kappa shape index (κ2) is 10.8. The minimum absolute atomic E-state index is 0.0493. The molecule has 6 nitrogen and oxygen atoms in total. The number of carbonyl (C=O) groups excluding carboxylic acids is 2. The second-order valence-corrected chi connectivity index (χ2v) is 11.8. The Morgan fingerprint density at radius 3 is 2.00 bits per heavy atom. The molecule has 0 aliphatic heterocycles. The van der Waals surface area contributed by atoms with Gasteiger partial charge in [-0.05, 0) is 73.9 Å². The van der Waals surface area contributed by atoms with Crippen molar-refractivity contribution in [3.05, 3.63) is 84.2 Å². The summed E-state index contributed by atoms with van der Waals surface area (Å²) in [4.78, 5) is 25.9. The summed E-state index contributed by atoms with van der Waals surface area (Å²) in [6, 6.07) is 17.2. The third-order valence-electron chi connectivity index (χ3n) is 8.00. The Bertz CT molecular complexity index is 1430. The fourth-order valence-corrected chi connectivity index (χ4v) is 5.29. The van der Waals surface area contributed by atoms with Crippen LogP contribution in [-0.4, -0.2) is 40.1 Å². The Labute approximate surface area is 237 Å². The monoisotopic (exact) mass is 562 g/mol. The first-order valence-electron chi connectivity index (χ1n) is 13.8. The molecule has 2 fully saturated rings. The average molecular weight is 563 g/mol. The molecule has 0 radical (unpaired) electrons. The Balaban J connectivity index is 1.31. The van der Waals surface area contributed by atoms with E-state index in [1.165, 1.54) is 13.8 Å². The zero-order valence-corrected chi connectivity index (χ0v) is 23.0. The molecule has 3 aromatic rings. The fraction of sp³-hybridized carbons (Fsp3) is 0.406. The zero-order chi connectivity index (χ0) is 29.4. The van der Waals surface area contributed by atoms with E-state index in [2.05, 4.69) is 10.6 Å². The molecule has 1 heterocycles. The lowest BCUT2D eigenvalue weighted by molar-refractivity contribution is -0.125. The molecule has 2 atom stereocenters. The molecule has 2 aliphatic rings. The quantitative estimate of drug-likeness (QED) is 0.296. The van der Waals surface area contributed by atoms with Crippen LogP contribution in [0.1, 0.15) is 67.9 Å². The predicted octanol–water partition coefficient (Wildman–Crippen LogP) is 6.10. The van der Waals surface area contributed by atoms with Gasteiger partial charge in [-0.2, -0.15) is 5.26 Å². The molecule has 1 aromatic heterocycles. The molecular weight excluding hydrogens is 529 g/mol. The van der Waals surface area contributed by atoms with Gasteiger partial charge in [-0.1, -0.05) is 48.5 Å². The van der Waals surface area contributed by atoms with E-state index in [1.807, 2.05) is 42.5 Å². The summed E-state index contributed by atoms with van der Waals surface area (Å²) >= 11 is 0. The van der Waals surface area contributed by atoms with Crippen LogP contribution in [0.25, 0.3) is 11.1 Å². The van der Waals surface area contributed by atoms with Crippen LogP contribution in [0.15, 0.2) is 73.1 Å². The van der Waals surface area contributed by atoms with Gasteiger partial charge in [-0.15, -0.1) is 0 Å². The van der Waals surface area contributed by atoms with E-state index in [0.717, 1.165) is 29.5 Å². The van der Waals surface area contributed by atoms with Gasteiger partial charge in [0.25, 0.3) is 6.43 Å². The van der Waals surface area contributed by atoms with Crippen molar-refractivity contribution in [1.29, 1.82) is 5.26 Å². The van der Waals surface area contributed by atoms with Gasteiger partial charge in [0.15, 0.2) is 0 Å². The number of amides is 1. The SMILES string of the molecule is CC(C)(F)C[C@H](N[C@@H](c1ccc(-c2ccc(C3(C(=O)n4cccc4)CC3)cc2)cc1)C(F)F)C(=O)NC1(C#N)CC1. The normalized spacial score (nSPS) is 18.3. The van der Waals surface area contributed by atoms with Crippen molar-refractivity contribution in [1.82, 2.24) is 15.2 Å². The molecule has 0 unspecified atom stereocenters. The molecule has 2 saturated carbocycles. The van der Waals surface area contributed by atoms with Gasteiger partial charge in [-0.25, -0.2) is 13.2 Å². The number of halogens is 3. The predicted molar refractivity (Wildman–Crippen MR) is 149 cm³/mol. The fourth-order valence-electron chi connectivity index (χ4n) is 5.29. The van der Waals surface area contributed by atoms with Gasteiger partial charge in [0.1, 0.15) is 11.2 Å². The van der Waals surface area contributed by atoms with Crippen LogP contribution >= 0.6 is 0 Å². The molecule has 2 aliphatic carbocycles. The number of nitriles is 1. The lowest BCUT2D eigenvalue weighted by atomic mass is 9.92. The molecule has 9 heteroatoms. The number of nitrogens with one attached hydrogen (secondary N) is 2. The van der Waals surface area contributed by atoms with Crippen molar-refractivity contribution < 1.29 is 22.8 Å². The van der Waals surface area contributed by atoms with Crippen LogP contribution in [0.2, 0.25) is 0 Å². The van der Waals surface area contributed by atoms with E-state index in [4.69, 9.17) is 0 Å². The maximum absolute atomic E-state index is 14.6. The van der Waals surface area contributed by atoms with Crippen LogP contribution in [0.5, 0.6) is 0 Å². The minimum atomic E-state index is -2.86. The first-order valence-corrected chi connectivity index (χ1v) is 13.8. The Kier molecular flexibility index (Phi) is 7.56. The summed E-state index contributed by atoms with van der Waals surface area (Å²) < 4.78 is 44.7. The highest BCUT2D eigenvalue weighted by atomic mass is 19.3. The summed E-state index contributed by atoms with van der Waals surface area (Å²) in [5, 5.41) is 14.6. The number of aromatic nitrogens is 1. The lowest BCUT2D eigenvalue weighted by Crippen LogP contribution is -2.52. The molecule has 1 amide bonds. The highest BCUT2D eigenvalue weighted by Crippen LogP contribution is 2.49. The molecule has 0 bridgehead atoms. The van der Waals surface area contributed by atoms with Crippen LogP contribution in [0.4, 0.5) is 13.2 Å². The van der Waals surface area contributed by atoms with Crippen molar-refractivity contribution in [3.8, 4) is 17.2 Å². The van der Waals surface area contributed by atoms with E-state index in [1.54, 1.807) is 41.2 Å². The first-order chi connectivity index (χ1) is 19.5. The van der Waals surface area contributed by atoms with Crippen molar-refractivity contribution in [3.63, 3.8) is 0 Å². The summed E-state index contributed by atoms with van der Waals surface area (Å²) in [7, 11) is 0. The van der Waals surface area contributed by atoms with Crippen LogP contribution in [0, 0.1) is 11.3 Å². The van der Waals surface area contributed by atoms with E-state index < -0.39 is 41.0 Å². The van der Waals surface area contributed by atoms with E-state index in [9.17, 15) is 28.0 Å². The molecule has 214 valence electrons. The number of nitrogens with zero attached hydrogens (tertiary/aromatic N) is 2. The topological polar surface area (TPSA) is 86.9 Å². The summed E-state index contributed by atoms with van der Waals surface area (Å²) in [6.45, 7) is 2.57. The number of benzene rings is 2. The summed E-state index contributed by atoms with van der Waals surface area (Å²) in [6.07, 6.45) is 2.84. The third kappa shape index (κ3) is 6.23. The molecule has 0 saturated heterocycles. The van der Waals surface area contributed by atoms with Gasteiger partial charge in [-0.3, -0.25) is 19.5 Å². The Morgan fingerprint density at radius 2 is 1.54 bits per heavy atom.